The maximum atomic E-state index is 5.95. The average Bonchev–Trinajstić information content (AvgIpc) is 2.28. The lowest BCUT2D eigenvalue weighted by Gasteiger charge is -2.09. The SMILES string of the molecule is Nc1ccc(Cl)nc1Oc1cc(Cl)ccc1Cl. The molecule has 0 saturated carbocycles. The van der Waals surface area contributed by atoms with Gasteiger partial charge in [0.25, 0.3) is 0 Å². The van der Waals surface area contributed by atoms with Crippen LogP contribution in [0, 0.1) is 0 Å². The van der Waals surface area contributed by atoms with Crippen LogP contribution in [0.2, 0.25) is 15.2 Å². The highest BCUT2D eigenvalue weighted by atomic mass is 35.5. The molecule has 88 valence electrons. The van der Waals surface area contributed by atoms with Gasteiger partial charge in [-0.05, 0) is 24.3 Å². The summed E-state index contributed by atoms with van der Waals surface area (Å²) in [5.74, 6) is 0.572. The lowest BCUT2D eigenvalue weighted by atomic mass is 10.3. The van der Waals surface area contributed by atoms with Crippen molar-refractivity contribution < 1.29 is 4.74 Å². The standard InChI is InChI=1S/C11H7Cl3N2O/c12-6-1-2-7(13)9(5-6)17-11-8(15)3-4-10(14)16-11/h1-5H,15H2. The minimum atomic E-state index is 0.196. The maximum Gasteiger partial charge on any atom is 0.244 e. The van der Waals surface area contributed by atoms with Crippen LogP contribution in [0.1, 0.15) is 0 Å². The Morgan fingerprint density at radius 3 is 2.59 bits per heavy atom. The van der Waals surface area contributed by atoms with Gasteiger partial charge in [0.2, 0.25) is 5.88 Å². The van der Waals surface area contributed by atoms with Crippen molar-refractivity contribution in [3.05, 3.63) is 45.5 Å². The molecule has 0 radical (unpaired) electrons. The molecule has 1 heterocycles. The van der Waals surface area contributed by atoms with Crippen molar-refractivity contribution in [3.63, 3.8) is 0 Å². The summed E-state index contributed by atoms with van der Waals surface area (Å²) in [6.45, 7) is 0. The van der Waals surface area contributed by atoms with Crippen LogP contribution >= 0.6 is 34.8 Å². The fourth-order valence-corrected chi connectivity index (χ4v) is 1.63. The molecule has 0 fully saturated rings. The number of nitrogens with zero attached hydrogens (tertiary/aromatic N) is 1. The molecule has 0 unspecified atom stereocenters. The first-order valence-electron chi connectivity index (χ1n) is 4.61. The zero-order valence-corrected chi connectivity index (χ0v) is 10.7. The molecular formula is C11H7Cl3N2O. The van der Waals surface area contributed by atoms with E-state index in [0.717, 1.165) is 0 Å². The Balaban J connectivity index is 2.37. The lowest BCUT2D eigenvalue weighted by Crippen LogP contribution is -1.95. The van der Waals surface area contributed by atoms with E-state index in [0.29, 0.717) is 21.5 Å². The summed E-state index contributed by atoms with van der Waals surface area (Å²) < 4.78 is 5.46. The summed E-state index contributed by atoms with van der Waals surface area (Å²) in [6.07, 6.45) is 0. The number of hydrogen-bond donors (Lipinski definition) is 1. The first-order chi connectivity index (χ1) is 8.06. The Bertz CT molecular complexity index is 511. The Morgan fingerprint density at radius 1 is 1.06 bits per heavy atom. The van der Waals surface area contributed by atoms with E-state index >= 15 is 0 Å². The molecule has 0 bridgehead atoms. The van der Waals surface area contributed by atoms with Crippen molar-refractivity contribution in [2.75, 3.05) is 5.73 Å². The third-order valence-electron chi connectivity index (χ3n) is 1.96. The van der Waals surface area contributed by atoms with Crippen molar-refractivity contribution >= 4 is 40.5 Å². The minimum absolute atomic E-state index is 0.196. The van der Waals surface area contributed by atoms with Gasteiger partial charge in [-0.1, -0.05) is 34.8 Å². The monoisotopic (exact) mass is 288 g/mol. The number of rotatable bonds is 2. The number of anilines is 1. The molecule has 0 amide bonds. The molecule has 0 atom stereocenters. The minimum Gasteiger partial charge on any atom is -0.435 e. The molecule has 2 rings (SSSR count). The summed E-state index contributed by atoms with van der Waals surface area (Å²) in [5, 5.41) is 1.20. The number of hydrogen-bond acceptors (Lipinski definition) is 3. The zero-order valence-electron chi connectivity index (χ0n) is 8.45. The van der Waals surface area contributed by atoms with Gasteiger partial charge in [0.1, 0.15) is 10.9 Å². The Kier molecular flexibility index (Phi) is 3.62. The predicted molar refractivity (Wildman–Crippen MR) is 70.2 cm³/mol. The summed E-state index contributed by atoms with van der Waals surface area (Å²) in [4.78, 5) is 3.96. The number of halogens is 3. The second kappa shape index (κ2) is 5.00. The number of nitrogens with two attached hydrogens (primary N) is 1. The van der Waals surface area contributed by atoms with Gasteiger partial charge in [0.15, 0.2) is 0 Å². The molecular weight excluding hydrogens is 282 g/mol. The second-order valence-electron chi connectivity index (χ2n) is 3.21. The van der Waals surface area contributed by atoms with E-state index in [1.807, 2.05) is 0 Å². The van der Waals surface area contributed by atoms with E-state index in [1.54, 1.807) is 30.3 Å². The molecule has 6 heteroatoms. The molecule has 1 aromatic carbocycles. The molecule has 3 nitrogen and oxygen atoms in total. The van der Waals surface area contributed by atoms with Crippen LogP contribution in [0.15, 0.2) is 30.3 Å². The third kappa shape index (κ3) is 2.94. The quantitative estimate of drug-likeness (QED) is 0.833. The normalized spacial score (nSPS) is 10.3. The fourth-order valence-electron chi connectivity index (χ4n) is 1.17. The van der Waals surface area contributed by atoms with Crippen LogP contribution in [-0.4, -0.2) is 4.98 Å². The molecule has 2 N–H and O–H groups in total. The number of benzene rings is 1. The highest BCUT2D eigenvalue weighted by molar-refractivity contribution is 6.34. The van der Waals surface area contributed by atoms with Crippen LogP contribution in [-0.2, 0) is 0 Å². The van der Waals surface area contributed by atoms with Crippen molar-refractivity contribution in [1.82, 2.24) is 4.98 Å². The first-order valence-corrected chi connectivity index (χ1v) is 5.74. The van der Waals surface area contributed by atoms with Crippen LogP contribution in [0.5, 0.6) is 11.6 Å². The molecule has 1 aromatic heterocycles. The van der Waals surface area contributed by atoms with E-state index in [1.165, 1.54) is 0 Å². The van der Waals surface area contributed by atoms with Crippen molar-refractivity contribution in [1.29, 1.82) is 0 Å². The summed E-state index contributed by atoms with van der Waals surface area (Å²) in [5.41, 5.74) is 6.07. The maximum absolute atomic E-state index is 5.95. The third-order valence-corrected chi connectivity index (χ3v) is 2.71. The van der Waals surface area contributed by atoms with Gasteiger partial charge >= 0.3 is 0 Å². The van der Waals surface area contributed by atoms with E-state index in [4.69, 9.17) is 45.3 Å². The van der Waals surface area contributed by atoms with Gasteiger partial charge in [-0.25, -0.2) is 0 Å². The predicted octanol–water partition coefficient (Wildman–Crippen LogP) is 4.42. The van der Waals surface area contributed by atoms with Crippen LogP contribution < -0.4 is 10.5 Å². The van der Waals surface area contributed by atoms with Crippen molar-refractivity contribution in [2.24, 2.45) is 0 Å². The van der Waals surface area contributed by atoms with E-state index in [-0.39, 0.29) is 11.0 Å². The lowest BCUT2D eigenvalue weighted by molar-refractivity contribution is 0.466. The molecule has 0 aliphatic carbocycles. The summed E-state index contributed by atoms with van der Waals surface area (Å²) in [7, 11) is 0. The van der Waals surface area contributed by atoms with Crippen LogP contribution in [0.4, 0.5) is 5.69 Å². The highest BCUT2D eigenvalue weighted by Crippen LogP contribution is 2.33. The van der Waals surface area contributed by atoms with Gasteiger partial charge in [-0.15, -0.1) is 0 Å². The molecule has 17 heavy (non-hydrogen) atoms. The topological polar surface area (TPSA) is 48.1 Å². The van der Waals surface area contributed by atoms with Gasteiger partial charge in [0, 0.05) is 11.1 Å². The number of aromatic nitrogens is 1. The molecule has 0 aliphatic heterocycles. The largest absolute Gasteiger partial charge is 0.435 e. The van der Waals surface area contributed by atoms with Gasteiger partial charge in [-0.2, -0.15) is 4.98 Å². The van der Waals surface area contributed by atoms with Crippen LogP contribution in [0.25, 0.3) is 0 Å². The van der Waals surface area contributed by atoms with E-state index < -0.39 is 0 Å². The van der Waals surface area contributed by atoms with E-state index in [9.17, 15) is 0 Å². The molecule has 0 saturated heterocycles. The van der Waals surface area contributed by atoms with Gasteiger partial charge in [0.05, 0.1) is 10.7 Å². The molecule has 0 aliphatic rings. The first kappa shape index (κ1) is 12.3. The smallest absolute Gasteiger partial charge is 0.244 e. The Morgan fingerprint density at radius 2 is 1.82 bits per heavy atom. The zero-order chi connectivity index (χ0) is 12.4. The number of ether oxygens (including phenoxy) is 1. The number of pyridine rings is 1. The van der Waals surface area contributed by atoms with Crippen molar-refractivity contribution in [2.45, 2.75) is 0 Å². The van der Waals surface area contributed by atoms with Gasteiger partial charge < -0.3 is 10.5 Å². The average molecular weight is 290 g/mol. The molecule has 2 aromatic rings. The summed E-state index contributed by atoms with van der Waals surface area (Å²) in [6, 6.07) is 8.03. The second-order valence-corrected chi connectivity index (χ2v) is 4.44. The Hall–Kier alpha value is -1.16. The highest BCUT2D eigenvalue weighted by Gasteiger charge is 2.08. The van der Waals surface area contributed by atoms with Gasteiger partial charge in [-0.3, -0.25) is 0 Å². The summed E-state index contributed by atoms with van der Waals surface area (Å²) >= 11 is 17.5. The number of nitrogen functional groups attached to an aromatic ring is 1. The molecule has 0 spiro atoms. The van der Waals surface area contributed by atoms with E-state index in [2.05, 4.69) is 4.98 Å². The fraction of sp³-hybridized carbons (Fsp3) is 0. The van der Waals surface area contributed by atoms with Crippen molar-refractivity contribution in [3.8, 4) is 11.6 Å². The van der Waals surface area contributed by atoms with Crippen LogP contribution in [0.3, 0.4) is 0 Å². The Labute approximate surface area is 113 Å².